The molecule has 3 aliphatic carbocycles. The Bertz CT molecular complexity index is 1870. The van der Waals surface area contributed by atoms with E-state index in [4.69, 9.17) is 4.74 Å². The summed E-state index contributed by atoms with van der Waals surface area (Å²) in [6, 6.07) is 30.4. The lowest BCUT2D eigenvalue weighted by Gasteiger charge is -2.34. The number of hydrogen-bond acceptors (Lipinski definition) is 3. The number of rotatable bonds is 6. The number of para-hydroxylation sites is 1. The van der Waals surface area contributed by atoms with Crippen molar-refractivity contribution in [2.45, 2.75) is 133 Å². The molecule has 6 heteroatoms. The first kappa shape index (κ1) is 32.2. The predicted molar refractivity (Wildman–Crippen MR) is 193 cm³/mol. The van der Waals surface area contributed by atoms with E-state index in [1.54, 1.807) is 0 Å². The zero-order valence-corrected chi connectivity index (χ0v) is 29.4. The van der Waals surface area contributed by atoms with Gasteiger partial charge in [-0.2, -0.15) is 8.42 Å². The standard InChI is InChI=1S/C42H46O4S2/c43-48(44,45)42-36(30-15-6-2-7-16-30)26-34(29-13-4-1-5-14-29)27-37(42)33-18-12-17-31(25-33)32-23-24-39-41(28-32)47(35-19-8-3-9-20-35)40-22-11-10-21-38(40)46-39/h3,8-11,19-24,26-31,33H,1-2,4-7,12-18,25H2/p+1. The van der Waals surface area contributed by atoms with Crippen LogP contribution < -0.4 is 4.74 Å². The van der Waals surface area contributed by atoms with E-state index < -0.39 is 10.1 Å². The molecular weight excluding hydrogens is 633 g/mol. The van der Waals surface area contributed by atoms with Crippen molar-refractivity contribution in [1.29, 1.82) is 0 Å². The molecule has 250 valence electrons. The smallest absolute Gasteiger partial charge is 0.295 e. The molecule has 4 aromatic carbocycles. The van der Waals surface area contributed by atoms with Crippen molar-refractivity contribution in [2.24, 2.45) is 0 Å². The molecule has 0 radical (unpaired) electrons. The van der Waals surface area contributed by atoms with Crippen LogP contribution in [0, 0.1) is 0 Å². The van der Waals surface area contributed by atoms with Gasteiger partial charge in [-0.15, -0.1) is 0 Å². The average Bonchev–Trinajstić information content (AvgIpc) is 3.14. The third kappa shape index (κ3) is 6.36. The van der Waals surface area contributed by atoms with E-state index in [-0.39, 0.29) is 27.6 Å². The summed E-state index contributed by atoms with van der Waals surface area (Å²) < 4.78 is 44.1. The molecule has 3 unspecified atom stereocenters. The van der Waals surface area contributed by atoms with E-state index in [9.17, 15) is 13.0 Å². The fourth-order valence-electron chi connectivity index (χ4n) is 9.24. The minimum Gasteiger partial charge on any atom is -0.447 e. The Labute approximate surface area is 289 Å². The highest BCUT2D eigenvalue weighted by Crippen LogP contribution is 2.51. The Kier molecular flexibility index (Phi) is 9.17. The van der Waals surface area contributed by atoms with Crippen LogP contribution in [-0.4, -0.2) is 13.0 Å². The first-order valence-corrected chi connectivity index (χ1v) is 21.0. The van der Waals surface area contributed by atoms with E-state index in [1.807, 2.05) is 6.07 Å². The number of ether oxygens (including phenoxy) is 1. The van der Waals surface area contributed by atoms with Crippen molar-refractivity contribution >= 4 is 21.0 Å². The Morgan fingerprint density at radius 2 is 1.17 bits per heavy atom. The van der Waals surface area contributed by atoms with Crippen molar-refractivity contribution in [1.82, 2.24) is 0 Å². The zero-order chi connectivity index (χ0) is 32.7. The molecule has 3 saturated carbocycles. The van der Waals surface area contributed by atoms with E-state index in [1.165, 1.54) is 64.3 Å². The predicted octanol–water partition coefficient (Wildman–Crippen LogP) is 11.7. The molecule has 1 aliphatic heterocycles. The fraction of sp³-hybridized carbons (Fsp3) is 0.429. The number of benzene rings is 4. The molecule has 1 N–H and O–H groups in total. The Hall–Kier alpha value is -3.06. The van der Waals surface area contributed by atoms with E-state index in [0.29, 0.717) is 11.8 Å². The van der Waals surface area contributed by atoms with E-state index >= 15 is 0 Å². The van der Waals surface area contributed by atoms with Gasteiger partial charge in [0.25, 0.3) is 10.1 Å². The first-order valence-electron chi connectivity index (χ1n) is 18.3. The molecule has 4 aromatic rings. The Morgan fingerprint density at radius 3 is 1.90 bits per heavy atom. The van der Waals surface area contributed by atoms with Crippen LogP contribution in [0.3, 0.4) is 0 Å². The fourth-order valence-corrected chi connectivity index (χ4v) is 12.5. The molecular formula is C42H47O4S2+. The molecule has 0 spiro atoms. The Balaban J connectivity index is 1.18. The molecule has 4 aliphatic rings. The molecule has 48 heavy (non-hydrogen) atoms. The van der Waals surface area contributed by atoms with Gasteiger partial charge < -0.3 is 4.74 Å². The summed E-state index contributed by atoms with van der Waals surface area (Å²) in [6.45, 7) is 0. The highest BCUT2D eigenvalue weighted by molar-refractivity contribution is 7.97. The van der Waals surface area contributed by atoms with Crippen molar-refractivity contribution in [3.63, 3.8) is 0 Å². The van der Waals surface area contributed by atoms with Gasteiger partial charge in [-0.1, -0.05) is 93.5 Å². The lowest BCUT2D eigenvalue weighted by Crippen LogP contribution is -2.20. The number of hydrogen-bond donors (Lipinski definition) is 1. The van der Waals surface area contributed by atoms with Gasteiger partial charge in [0.2, 0.25) is 9.79 Å². The topological polar surface area (TPSA) is 63.6 Å². The minimum atomic E-state index is -4.39. The molecule has 4 nitrogen and oxygen atoms in total. The largest absolute Gasteiger partial charge is 0.447 e. The monoisotopic (exact) mass is 679 g/mol. The second kappa shape index (κ2) is 13.7. The van der Waals surface area contributed by atoms with Crippen molar-refractivity contribution in [3.8, 4) is 11.5 Å². The van der Waals surface area contributed by atoms with Gasteiger partial charge in [-0.25, -0.2) is 0 Å². The maximum Gasteiger partial charge on any atom is 0.295 e. The summed E-state index contributed by atoms with van der Waals surface area (Å²) in [4.78, 5) is 3.96. The summed E-state index contributed by atoms with van der Waals surface area (Å²) in [6.07, 6.45) is 15.5. The lowest BCUT2D eigenvalue weighted by atomic mass is 9.72. The van der Waals surface area contributed by atoms with Gasteiger partial charge >= 0.3 is 0 Å². The third-order valence-corrected chi connectivity index (χ3v) is 14.9. The maximum atomic E-state index is 13.4. The summed E-state index contributed by atoms with van der Waals surface area (Å²) in [5.74, 6) is 2.92. The molecule has 0 bridgehead atoms. The second-order valence-electron chi connectivity index (χ2n) is 14.6. The summed E-state index contributed by atoms with van der Waals surface area (Å²) in [7, 11) is -4.67. The van der Waals surface area contributed by atoms with Crippen LogP contribution in [0.5, 0.6) is 11.5 Å². The molecule has 3 fully saturated rings. The van der Waals surface area contributed by atoms with Gasteiger partial charge in [0.1, 0.15) is 15.8 Å². The van der Waals surface area contributed by atoms with Crippen LogP contribution in [0.25, 0.3) is 0 Å². The number of fused-ring (bicyclic) bond motifs is 2. The van der Waals surface area contributed by atoms with Crippen molar-refractivity contribution in [3.05, 3.63) is 107 Å². The van der Waals surface area contributed by atoms with Gasteiger partial charge in [-0.3, -0.25) is 4.55 Å². The van der Waals surface area contributed by atoms with Gasteiger partial charge in [0, 0.05) is 6.07 Å². The van der Waals surface area contributed by atoms with Crippen LogP contribution in [0.1, 0.15) is 136 Å². The molecule has 0 amide bonds. The summed E-state index contributed by atoms with van der Waals surface area (Å²) in [5.41, 5.74) is 4.43. The molecule has 0 saturated heterocycles. The quantitative estimate of drug-likeness (QED) is 0.143. The summed E-state index contributed by atoms with van der Waals surface area (Å²) >= 11 is 0. The Morgan fingerprint density at radius 1 is 0.562 bits per heavy atom. The maximum absolute atomic E-state index is 13.4. The SMILES string of the molecule is O=S(=O)(O)c1c(C2CCCCC2)cc(C2CCCCC2)cc1C1CCCC(c2ccc3c(c2)[S+](c2ccccc2)c2ccccc2O3)C1. The van der Waals surface area contributed by atoms with Crippen molar-refractivity contribution < 1.29 is 17.7 Å². The molecule has 3 atom stereocenters. The highest BCUT2D eigenvalue weighted by Gasteiger charge is 2.40. The van der Waals surface area contributed by atoms with E-state index in [2.05, 4.69) is 78.9 Å². The van der Waals surface area contributed by atoms with Crippen LogP contribution >= 0.6 is 0 Å². The van der Waals surface area contributed by atoms with Gasteiger partial charge in [0.05, 0.1) is 0 Å². The zero-order valence-electron chi connectivity index (χ0n) is 27.8. The van der Waals surface area contributed by atoms with Gasteiger partial charge in [-0.05, 0) is 121 Å². The third-order valence-electron chi connectivity index (χ3n) is 11.6. The molecule has 1 heterocycles. The average molecular weight is 680 g/mol. The van der Waals surface area contributed by atoms with Crippen LogP contribution in [-0.2, 0) is 21.0 Å². The van der Waals surface area contributed by atoms with Crippen LogP contribution in [0.2, 0.25) is 0 Å². The highest BCUT2D eigenvalue weighted by atomic mass is 32.2. The van der Waals surface area contributed by atoms with E-state index in [0.717, 1.165) is 74.0 Å². The first-order chi connectivity index (χ1) is 23.4. The molecule has 8 rings (SSSR count). The van der Waals surface area contributed by atoms with Crippen LogP contribution in [0.4, 0.5) is 0 Å². The van der Waals surface area contributed by atoms with Gasteiger partial charge in [0.15, 0.2) is 16.4 Å². The summed E-state index contributed by atoms with van der Waals surface area (Å²) in [5, 5.41) is 0. The van der Waals surface area contributed by atoms with Crippen molar-refractivity contribution in [2.75, 3.05) is 0 Å². The second-order valence-corrected chi connectivity index (χ2v) is 17.9. The van der Waals surface area contributed by atoms with Crippen LogP contribution in [0.15, 0.2) is 105 Å². The molecule has 0 aromatic heterocycles. The normalized spacial score (nSPS) is 23.6. The minimum absolute atomic E-state index is 0.0898. The lowest BCUT2D eigenvalue weighted by molar-refractivity contribution is 0.382.